The van der Waals surface area contributed by atoms with Crippen molar-refractivity contribution in [3.63, 3.8) is 0 Å². The van der Waals surface area contributed by atoms with E-state index in [2.05, 4.69) is 0 Å². The molecule has 4 aromatic rings. The summed E-state index contributed by atoms with van der Waals surface area (Å²) < 4.78 is 10.8. The molecule has 21 heavy (non-hydrogen) atoms. The van der Waals surface area contributed by atoms with Crippen molar-refractivity contribution in [3.8, 4) is 11.1 Å². The van der Waals surface area contributed by atoms with E-state index in [-0.39, 0.29) is 5.63 Å². The van der Waals surface area contributed by atoms with Crippen LogP contribution < -0.4 is 5.63 Å². The fourth-order valence-corrected chi connectivity index (χ4v) is 2.57. The number of hydrogen-bond acceptors (Lipinski definition) is 3. The predicted molar refractivity (Wildman–Crippen MR) is 82.7 cm³/mol. The Morgan fingerprint density at radius 1 is 0.905 bits per heavy atom. The maximum absolute atomic E-state index is 11.3. The summed E-state index contributed by atoms with van der Waals surface area (Å²) in [6, 6.07) is 14.4. The van der Waals surface area contributed by atoms with Gasteiger partial charge in [-0.25, -0.2) is 4.79 Å². The zero-order valence-corrected chi connectivity index (χ0v) is 11.6. The third kappa shape index (κ3) is 2.03. The van der Waals surface area contributed by atoms with E-state index >= 15 is 0 Å². The first kappa shape index (κ1) is 12.2. The SMILES string of the molecule is O=c1ccc2cc3c(-c4ccc(Cl)cc4)coc3cc2o1. The van der Waals surface area contributed by atoms with Gasteiger partial charge in [-0.2, -0.15) is 0 Å². The minimum absolute atomic E-state index is 0.369. The van der Waals surface area contributed by atoms with Gasteiger partial charge in [-0.1, -0.05) is 23.7 Å². The second-order valence-electron chi connectivity index (χ2n) is 4.80. The Balaban J connectivity index is 2.01. The van der Waals surface area contributed by atoms with Crippen molar-refractivity contribution in [2.75, 3.05) is 0 Å². The molecule has 2 heterocycles. The van der Waals surface area contributed by atoms with Crippen LogP contribution in [0.2, 0.25) is 5.02 Å². The number of halogens is 1. The molecule has 0 radical (unpaired) electrons. The van der Waals surface area contributed by atoms with Crippen LogP contribution in [0.5, 0.6) is 0 Å². The van der Waals surface area contributed by atoms with Crippen LogP contribution in [0.4, 0.5) is 0 Å². The number of furan rings is 1. The first-order valence-corrected chi connectivity index (χ1v) is 6.79. The maximum Gasteiger partial charge on any atom is 0.336 e. The lowest BCUT2D eigenvalue weighted by molar-refractivity contribution is 0.559. The van der Waals surface area contributed by atoms with Crippen molar-refractivity contribution in [3.05, 3.63) is 70.2 Å². The van der Waals surface area contributed by atoms with Crippen molar-refractivity contribution in [1.82, 2.24) is 0 Å². The highest BCUT2D eigenvalue weighted by Crippen LogP contribution is 2.33. The molecule has 0 aliphatic carbocycles. The molecule has 0 bridgehead atoms. The highest BCUT2D eigenvalue weighted by Gasteiger charge is 2.10. The Hall–Kier alpha value is -2.52. The van der Waals surface area contributed by atoms with Crippen LogP contribution in [-0.2, 0) is 0 Å². The van der Waals surface area contributed by atoms with Gasteiger partial charge in [0, 0.05) is 33.5 Å². The maximum atomic E-state index is 11.3. The summed E-state index contributed by atoms with van der Waals surface area (Å²) >= 11 is 5.92. The lowest BCUT2D eigenvalue weighted by Crippen LogP contribution is -1.93. The summed E-state index contributed by atoms with van der Waals surface area (Å²) in [6.45, 7) is 0. The minimum atomic E-state index is -0.369. The molecule has 4 rings (SSSR count). The van der Waals surface area contributed by atoms with Crippen molar-refractivity contribution in [2.45, 2.75) is 0 Å². The molecule has 0 spiro atoms. The number of fused-ring (bicyclic) bond motifs is 2. The van der Waals surface area contributed by atoms with Gasteiger partial charge in [0.1, 0.15) is 11.2 Å². The third-order valence-corrected chi connectivity index (χ3v) is 3.72. The second kappa shape index (κ2) is 4.50. The van der Waals surface area contributed by atoms with Crippen LogP contribution in [-0.4, -0.2) is 0 Å². The van der Waals surface area contributed by atoms with E-state index in [0.717, 1.165) is 21.9 Å². The fraction of sp³-hybridized carbons (Fsp3) is 0. The van der Waals surface area contributed by atoms with Crippen LogP contribution >= 0.6 is 11.6 Å². The summed E-state index contributed by atoms with van der Waals surface area (Å²) in [4.78, 5) is 11.3. The van der Waals surface area contributed by atoms with Gasteiger partial charge in [-0.15, -0.1) is 0 Å². The van der Waals surface area contributed by atoms with Crippen molar-refractivity contribution < 1.29 is 8.83 Å². The van der Waals surface area contributed by atoms with Crippen LogP contribution in [0.3, 0.4) is 0 Å². The molecule has 3 nitrogen and oxygen atoms in total. The second-order valence-corrected chi connectivity index (χ2v) is 5.23. The molecule has 2 aromatic carbocycles. The van der Waals surface area contributed by atoms with E-state index < -0.39 is 0 Å². The molecular weight excluding hydrogens is 288 g/mol. The lowest BCUT2D eigenvalue weighted by atomic mass is 10.0. The Morgan fingerprint density at radius 2 is 1.71 bits per heavy atom. The molecule has 0 unspecified atom stereocenters. The van der Waals surface area contributed by atoms with E-state index in [9.17, 15) is 4.79 Å². The van der Waals surface area contributed by atoms with Gasteiger partial charge in [-0.3, -0.25) is 0 Å². The molecule has 2 aromatic heterocycles. The predicted octanol–water partition coefficient (Wildman–Crippen LogP) is 4.86. The average Bonchev–Trinajstić information content (AvgIpc) is 2.88. The molecule has 0 saturated heterocycles. The zero-order chi connectivity index (χ0) is 14.4. The number of benzene rings is 2. The summed E-state index contributed by atoms with van der Waals surface area (Å²) in [7, 11) is 0. The number of hydrogen-bond donors (Lipinski definition) is 0. The first-order chi connectivity index (χ1) is 10.2. The summed E-state index contributed by atoms with van der Waals surface area (Å²) in [5.74, 6) is 0. The van der Waals surface area contributed by atoms with Crippen LogP contribution in [0, 0.1) is 0 Å². The highest BCUT2D eigenvalue weighted by atomic mass is 35.5. The molecular formula is C17H9ClO3. The molecule has 0 aliphatic rings. The van der Waals surface area contributed by atoms with E-state index in [1.807, 2.05) is 30.3 Å². The van der Waals surface area contributed by atoms with Crippen molar-refractivity contribution >= 4 is 33.5 Å². The summed E-state index contributed by atoms with van der Waals surface area (Å²) in [6.07, 6.45) is 1.70. The highest BCUT2D eigenvalue weighted by molar-refractivity contribution is 6.30. The van der Waals surface area contributed by atoms with Gasteiger partial charge in [0.05, 0.1) is 6.26 Å². The molecule has 0 N–H and O–H groups in total. The molecule has 0 atom stereocenters. The Bertz CT molecular complexity index is 1010. The van der Waals surface area contributed by atoms with E-state index in [1.54, 1.807) is 18.4 Å². The third-order valence-electron chi connectivity index (χ3n) is 3.47. The summed E-state index contributed by atoms with van der Waals surface area (Å²) in [5, 5.41) is 2.52. The molecule has 0 saturated carbocycles. The van der Waals surface area contributed by atoms with Crippen LogP contribution in [0.15, 0.2) is 68.4 Å². The van der Waals surface area contributed by atoms with Gasteiger partial charge in [0.2, 0.25) is 0 Å². The lowest BCUT2D eigenvalue weighted by Gasteiger charge is -2.00. The van der Waals surface area contributed by atoms with Gasteiger partial charge in [-0.05, 0) is 29.8 Å². The quantitative estimate of drug-likeness (QED) is 0.471. The van der Waals surface area contributed by atoms with E-state index in [4.69, 9.17) is 20.4 Å². The van der Waals surface area contributed by atoms with Gasteiger partial charge >= 0.3 is 5.63 Å². The zero-order valence-electron chi connectivity index (χ0n) is 10.8. The van der Waals surface area contributed by atoms with Crippen LogP contribution in [0.1, 0.15) is 0 Å². The Kier molecular flexibility index (Phi) is 2.62. The normalized spacial score (nSPS) is 11.3. The largest absolute Gasteiger partial charge is 0.464 e. The molecule has 0 amide bonds. The van der Waals surface area contributed by atoms with Gasteiger partial charge < -0.3 is 8.83 Å². The van der Waals surface area contributed by atoms with Crippen molar-refractivity contribution in [2.24, 2.45) is 0 Å². The molecule has 4 heteroatoms. The van der Waals surface area contributed by atoms with E-state index in [0.29, 0.717) is 16.2 Å². The van der Waals surface area contributed by atoms with E-state index in [1.165, 1.54) is 6.07 Å². The average molecular weight is 297 g/mol. The fourth-order valence-electron chi connectivity index (χ4n) is 2.44. The number of rotatable bonds is 1. The molecule has 0 fully saturated rings. The Morgan fingerprint density at radius 3 is 2.52 bits per heavy atom. The van der Waals surface area contributed by atoms with Crippen molar-refractivity contribution in [1.29, 1.82) is 0 Å². The van der Waals surface area contributed by atoms with Gasteiger partial charge in [0.25, 0.3) is 0 Å². The summed E-state index contributed by atoms with van der Waals surface area (Å²) in [5.41, 5.74) is 2.84. The monoisotopic (exact) mass is 296 g/mol. The molecule has 0 aliphatic heterocycles. The first-order valence-electron chi connectivity index (χ1n) is 6.42. The smallest absolute Gasteiger partial charge is 0.336 e. The molecule has 102 valence electrons. The standard InChI is InChI=1S/C17H9ClO3/c18-12-4-1-10(2-5-12)14-9-20-16-8-15-11(7-13(14)16)3-6-17(19)21-15/h1-9H. The minimum Gasteiger partial charge on any atom is -0.464 e. The topological polar surface area (TPSA) is 43.4 Å². The van der Waals surface area contributed by atoms with Crippen LogP contribution in [0.25, 0.3) is 33.1 Å². The van der Waals surface area contributed by atoms with Gasteiger partial charge in [0.15, 0.2) is 0 Å². The Labute approximate surface area is 124 Å².